The number of aromatic amines is 1. The van der Waals surface area contributed by atoms with Crippen LogP contribution >= 0.6 is 0 Å². The van der Waals surface area contributed by atoms with E-state index in [4.69, 9.17) is 4.74 Å². The van der Waals surface area contributed by atoms with Gasteiger partial charge in [0.15, 0.2) is 0 Å². The molecule has 3 N–H and O–H groups in total. The van der Waals surface area contributed by atoms with Crippen LogP contribution in [0.4, 0.5) is 0 Å². The molecule has 1 aromatic heterocycles. The lowest BCUT2D eigenvalue weighted by molar-refractivity contribution is 0.0857. The average Bonchev–Trinajstić information content (AvgIpc) is 3.31. The number of ether oxygens (including phenoxy) is 1. The monoisotopic (exact) mass is 364 g/mol. The van der Waals surface area contributed by atoms with E-state index in [0.29, 0.717) is 17.9 Å². The largest absolute Gasteiger partial charge is 0.376 e. The highest BCUT2D eigenvalue weighted by Gasteiger charge is 2.18. The minimum atomic E-state index is -3.67. The number of benzene rings is 1. The molecule has 3 rings (SSSR count). The van der Waals surface area contributed by atoms with E-state index in [1.807, 2.05) is 0 Å². The van der Waals surface area contributed by atoms with Crippen LogP contribution in [0, 0.1) is 0 Å². The Morgan fingerprint density at radius 2 is 2.12 bits per heavy atom. The van der Waals surface area contributed by atoms with Gasteiger partial charge in [0.05, 0.1) is 17.5 Å². The van der Waals surface area contributed by atoms with Crippen LogP contribution in [0.1, 0.15) is 29.0 Å². The number of H-pyrrole nitrogens is 1. The molecule has 0 bridgehead atoms. The van der Waals surface area contributed by atoms with Crippen LogP contribution < -0.4 is 10.0 Å². The van der Waals surface area contributed by atoms with Gasteiger partial charge in [0.2, 0.25) is 10.0 Å². The minimum absolute atomic E-state index is 0.0643. The number of hydrogen-bond acceptors (Lipinski definition) is 5. The standard InChI is InChI=1S/C16H20N4O4S/c21-16(19-10-13-2-1-9-24-13)12-3-5-14(6-4-12)25(22,23)20-11-15-17-7-8-18-15/h3-8,13,20H,1-2,9-11H2,(H,17,18)(H,19,21)/t13-/m1/s1. The molecule has 1 atom stereocenters. The van der Waals surface area contributed by atoms with Crippen molar-refractivity contribution in [3.05, 3.63) is 48.0 Å². The van der Waals surface area contributed by atoms with Crippen molar-refractivity contribution in [3.8, 4) is 0 Å². The predicted molar refractivity (Wildman–Crippen MR) is 90.4 cm³/mol. The first-order valence-electron chi connectivity index (χ1n) is 8.02. The van der Waals surface area contributed by atoms with E-state index >= 15 is 0 Å². The summed E-state index contributed by atoms with van der Waals surface area (Å²) in [7, 11) is -3.67. The fourth-order valence-corrected chi connectivity index (χ4v) is 3.53. The zero-order valence-electron chi connectivity index (χ0n) is 13.6. The fraction of sp³-hybridized carbons (Fsp3) is 0.375. The van der Waals surface area contributed by atoms with E-state index in [1.165, 1.54) is 24.3 Å². The highest BCUT2D eigenvalue weighted by Crippen LogP contribution is 2.13. The normalized spacial score (nSPS) is 17.5. The first-order chi connectivity index (χ1) is 12.0. The molecule has 1 aromatic carbocycles. The Hall–Kier alpha value is -2.23. The van der Waals surface area contributed by atoms with E-state index in [-0.39, 0.29) is 23.5 Å². The zero-order valence-corrected chi connectivity index (χ0v) is 14.4. The summed E-state index contributed by atoms with van der Waals surface area (Å²) >= 11 is 0. The maximum Gasteiger partial charge on any atom is 0.251 e. The second-order valence-electron chi connectivity index (χ2n) is 5.73. The van der Waals surface area contributed by atoms with Crippen molar-refractivity contribution in [1.29, 1.82) is 0 Å². The Bertz CT molecular complexity index is 797. The summed E-state index contributed by atoms with van der Waals surface area (Å²) in [4.78, 5) is 19.0. The molecule has 25 heavy (non-hydrogen) atoms. The van der Waals surface area contributed by atoms with Gasteiger partial charge >= 0.3 is 0 Å². The summed E-state index contributed by atoms with van der Waals surface area (Å²) in [6, 6.07) is 5.80. The maximum absolute atomic E-state index is 12.2. The number of imidazole rings is 1. The molecule has 2 aromatic rings. The third-order valence-electron chi connectivity index (χ3n) is 3.93. The van der Waals surface area contributed by atoms with Gasteiger partial charge in [0.1, 0.15) is 5.82 Å². The predicted octanol–water partition coefficient (Wildman–Crippen LogP) is 0.797. The van der Waals surface area contributed by atoms with Crippen molar-refractivity contribution in [2.24, 2.45) is 0 Å². The third-order valence-corrected chi connectivity index (χ3v) is 5.34. The average molecular weight is 364 g/mol. The summed E-state index contributed by atoms with van der Waals surface area (Å²) in [5.74, 6) is 0.275. The van der Waals surface area contributed by atoms with Crippen molar-refractivity contribution < 1.29 is 17.9 Å². The number of amides is 1. The molecule has 1 aliphatic heterocycles. The van der Waals surface area contributed by atoms with Gasteiger partial charge in [-0.25, -0.2) is 18.1 Å². The van der Waals surface area contributed by atoms with E-state index in [1.54, 1.807) is 12.4 Å². The van der Waals surface area contributed by atoms with Crippen molar-refractivity contribution in [2.75, 3.05) is 13.2 Å². The van der Waals surface area contributed by atoms with Gasteiger partial charge in [-0.1, -0.05) is 0 Å². The second-order valence-corrected chi connectivity index (χ2v) is 7.50. The summed E-state index contributed by atoms with van der Waals surface area (Å²) in [5, 5.41) is 2.80. The lowest BCUT2D eigenvalue weighted by atomic mass is 10.2. The van der Waals surface area contributed by atoms with Gasteiger partial charge in [0, 0.05) is 31.1 Å². The first-order valence-corrected chi connectivity index (χ1v) is 9.51. The Balaban J connectivity index is 1.57. The molecular formula is C16H20N4O4S. The smallest absolute Gasteiger partial charge is 0.251 e. The summed E-state index contributed by atoms with van der Waals surface area (Å²) in [6.45, 7) is 1.26. The second kappa shape index (κ2) is 7.77. The number of aromatic nitrogens is 2. The molecule has 134 valence electrons. The van der Waals surface area contributed by atoms with Crippen LogP contribution in [0.15, 0.2) is 41.6 Å². The number of sulfonamides is 1. The lowest BCUT2D eigenvalue weighted by Crippen LogP contribution is -2.31. The molecule has 0 radical (unpaired) electrons. The molecule has 0 spiro atoms. The number of nitrogens with zero attached hydrogens (tertiary/aromatic N) is 1. The van der Waals surface area contributed by atoms with E-state index in [2.05, 4.69) is 20.0 Å². The van der Waals surface area contributed by atoms with Crippen LogP contribution in [-0.4, -0.2) is 43.5 Å². The van der Waals surface area contributed by atoms with Crippen LogP contribution in [0.5, 0.6) is 0 Å². The van der Waals surface area contributed by atoms with E-state index in [9.17, 15) is 13.2 Å². The van der Waals surface area contributed by atoms with Crippen molar-refractivity contribution in [1.82, 2.24) is 20.0 Å². The van der Waals surface area contributed by atoms with Gasteiger partial charge in [0.25, 0.3) is 5.91 Å². The third kappa shape index (κ3) is 4.65. The van der Waals surface area contributed by atoms with E-state index in [0.717, 1.165) is 19.4 Å². The quantitative estimate of drug-likeness (QED) is 0.672. The Kier molecular flexibility index (Phi) is 5.47. The molecule has 8 nitrogen and oxygen atoms in total. The van der Waals surface area contributed by atoms with Gasteiger partial charge in [-0.15, -0.1) is 0 Å². The van der Waals surface area contributed by atoms with Crippen molar-refractivity contribution in [2.45, 2.75) is 30.4 Å². The molecule has 1 fully saturated rings. The van der Waals surface area contributed by atoms with Gasteiger partial charge in [-0.05, 0) is 37.1 Å². The van der Waals surface area contributed by atoms with Crippen LogP contribution in [0.2, 0.25) is 0 Å². The van der Waals surface area contributed by atoms with Gasteiger partial charge < -0.3 is 15.0 Å². The zero-order chi connectivity index (χ0) is 17.7. The molecule has 0 saturated carbocycles. The SMILES string of the molecule is O=C(NC[C@H]1CCCO1)c1ccc(S(=O)(=O)NCc2ncc[nH]2)cc1. The van der Waals surface area contributed by atoms with E-state index < -0.39 is 10.0 Å². The first kappa shape index (κ1) is 17.6. The maximum atomic E-state index is 12.2. The lowest BCUT2D eigenvalue weighted by Gasteiger charge is -2.11. The summed E-state index contributed by atoms with van der Waals surface area (Å²) in [5.41, 5.74) is 0.406. The van der Waals surface area contributed by atoms with Crippen LogP contribution in [0.3, 0.4) is 0 Å². The Labute approximate surface area is 146 Å². The molecule has 1 aliphatic rings. The molecule has 9 heteroatoms. The number of nitrogens with one attached hydrogen (secondary N) is 3. The Morgan fingerprint density at radius 3 is 2.76 bits per heavy atom. The van der Waals surface area contributed by atoms with Crippen LogP contribution in [-0.2, 0) is 21.3 Å². The minimum Gasteiger partial charge on any atom is -0.376 e. The van der Waals surface area contributed by atoms with Crippen molar-refractivity contribution >= 4 is 15.9 Å². The fourth-order valence-electron chi connectivity index (χ4n) is 2.54. The van der Waals surface area contributed by atoms with Crippen molar-refractivity contribution in [3.63, 3.8) is 0 Å². The molecule has 1 saturated heterocycles. The van der Waals surface area contributed by atoms with Crippen LogP contribution in [0.25, 0.3) is 0 Å². The molecule has 2 heterocycles. The highest BCUT2D eigenvalue weighted by molar-refractivity contribution is 7.89. The highest BCUT2D eigenvalue weighted by atomic mass is 32.2. The molecule has 0 aliphatic carbocycles. The molecule has 1 amide bonds. The number of rotatable bonds is 7. The molecular weight excluding hydrogens is 344 g/mol. The van der Waals surface area contributed by atoms with Gasteiger partial charge in [-0.3, -0.25) is 4.79 Å². The topological polar surface area (TPSA) is 113 Å². The number of carbonyl (C=O) groups excluding carboxylic acids is 1. The number of hydrogen-bond donors (Lipinski definition) is 3. The van der Waals surface area contributed by atoms with Gasteiger partial charge in [-0.2, -0.15) is 0 Å². The summed E-state index contributed by atoms with van der Waals surface area (Å²) < 4.78 is 32.4. The molecule has 0 unspecified atom stereocenters. The summed E-state index contributed by atoms with van der Waals surface area (Å²) in [6.07, 6.45) is 5.19. The Morgan fingerprint density at radius 1 is 1.32 bits per heavy atom. The number of carbonyl (C=O) groups is 1.